The van der Waals surface area contributed by atoms with Crippen molar-refractivity contribution in [3.8, 4) is 0 Å². The number of hydrogen-bond donors (Lipinski definition) is 2. The van der Waals surface area contributed by atoms with Crippen LogP contribution in [0.15, 0.2) is 24.3 Å². The predicted molar refractivity (Wildman–Crippen MR) is 82.0 cm³/mol. The molecule has 2 rings (SSSR count). The highest BCUT2D eigenvalue weighted by atomic mass is 16.4. The first-order valence-corrected chi connectivity index (χ1v) is 7.52. The molecule has 1 aliphatic rings. The molecule has 0 radical (unpaired) electrons. The van der Waals surface area contributed by atoms with Gasteiger partial charge < -0.3 is 10.4 Å². The number of carboxylic acids is 1. The topological polar surface area (TPSA) is 49.3 Å². The molecule has 0 aliphatic heterocycles. The van der Waals surface area contributed by atoms with Gasteiger partial charge in [0.05, 0.1) is 0 Å². The van der Waals surface area contributed by atoms with Gasteiger partial charge in [0, 0.05) is 5.69 Å². The van der Waals surface area contributed by atoms with Crippen molar-refractivity contribution >= 4 is 11.7 Å². The summed E-state index contributed by atoms with van der Waals surface area (Å²) in [6, 6.07) is 7.92. The van der Waals surface area contributed by atoms with E-state index < -0.39 is 11.5 Å². The highest BCUT2D eigenvalue weighted by molar-refractivity contribution is 5.83. The van der Waals surface area contributed by atoms with Crippen molar-refractivity contribution in [2.75, 3.05) is 5.32 Å². The summed E-state index contributed by atoms with van der Waals surface area (Å²) in [5.74, 6) is 0.301. The van der Waals surface area contributed by atoms with Gasteiger partial charge in [-0.3, -0.25) is 0 Å². The fraction of sp³-hybridized carbons (Fsp3) is 0.588. The molecule has 1 fully saturated rings. The average Bonchev–Trinajstić information content (AvgIpc) is 2.41. The van der Waals surface area contributed by atoms with Gasteiger partial charge in [-0.2, -0.15) is 0 Å². The number of para-hydroxylation sites is 1. The predicted octanol–water partition coefficient (Wildman–Crippen LogP) is 4.08. The summed E-state index contributed by atoms with van der Waals surface area (Å²) < 4.78 is 0. The quantitative estimate of drug-likeness (QED) is 0.870. The Morgan fingerprint density at radius 3 is 2.70 bits per heavy atom. The smallest absolute Gasteiger partial charge is 0.329 e. The molecule has 0 heterocycles. The maximum absolute atomic E-state index is 11.9. The average molecular weight is 275 g/mol. The van der Waals surface area contributed by atoms with Crippen LogP contribution in [0.25, 0.3) is 0 Å². The maximum atomic E-state index is 11.9. The molecule has 1 saturated carbocycles. The summed E-state index contributed by atoms with van der Waals surface area (Å²) in [7, 11) is 0. The zero-order chi connectivity index (χ0) is 14.8. The van der Waals surface area contributed by atoms with Crippen molar-refractivity contribution in [2.45, 2.75) is 52.0 Å². The SMILES string of the molecule is Cc1ccccc1NC1(C(=O)O)CCCC(C(C)C)C1. The van der Waals surface area contributed by atoms with Crippen LogP contribution >= 0.6 is 0 Å². The third-order valence-electron chi connectivity index (χ3n) is 4.66. The van der Waals surface area contributed by atoms with Gasteiger partial charge in [-0.25, -0.2) is 4.79 Å². The normalized spacial score (nSPS) is 26.5. The third kappa shape index (κ3) is 2.97. The van der Waals surface area contributed by atoms with Gasteiger partial charge in [-0.15, -0.1) is 0 Å². The van der Waals surface area contributed by atoms with Crippen molar-refractivity contribution in [1.82, 2.24) is 0 Å². The Morgan fingerprint density at radius 1 is 1.40 bits per heavy atom. The molecule has 0 spiro atoms. The van der Waals surface area contributed by atoms with Crippen molar-refractivity contribution in [3.05, 3.63) is 29.8 Å². The summed E-state index contributed by atoms with van der Waals surface area (Å²) >= 11 is 0. The number of benzene rings is 1. The van der Waals surface area contributed by atoms with E-state index in [2.05, 4.69) is 19.2 Å². The van der Waals surface area contributed by atoms with E-state index >= 15 is 0 Å². The lowest BCUT2D eigenvalue weighted by atomic mass is 9.71. The molecule has 3 nitrogen and oxygen atoms in total. The van der Waals surface area contributed by atoms with Crippen LogP contribution in [-0.2, 0) is 4.79 Å². The molecule has 0 bridgehead atoms. The Kier molecular flexibility index (Phi) is 4.36. The lowest BCUT2D eigenvalue weighted by Gasteiger charge is -2.40. The van der Waals surface area contributed by atoms with E-state index in [4.69, 9.17) is 0 Å². The Hall–Kier alpha value is -1.51. The van der Waals surface area contributed by atoms with Crippen LogP contribution < -0.4 is 5.32 Å². The first kappa shape index (κ1) is 14.9. The largest absolute Gasteiger partial charge is 0.480 e. The molecule has 110 valence electrons. The van der Waals surface area contributed by atoms with Crippen LogP contribution in [0.2, 0.25) is 0 Å². The molecule has 0 aromatic heterocycles. The van der Waals surface area contributed by atoms with Crippen LogP contribution in [0.1, 0.15) is 45.1 Å². The fourth-order valence-corrected chi connectivity index (χ4v) is 3.22. The molecular formula is C17H25NO2. The number of hydrogen-bond acceptors (Lipinski definition) is 2. The van der Waals surface area contributed by atoms with Crippen molar-refractivity contribution < 1.29 is 9.90 Å². The zero-order valence-corrected chi connectivity index (χ0v) is 12.6. The van der Waals surface area contributed by atoms with Crippen LogP contribution in [0.3, 0.4) is 0 Å². The lowest BCUT2D eigenvalue weighted by molar-refractivity contribution is -0.144. The zero-order valence-electron chi connectivity index (χ0n) is 12.6. The molecule has 2 unspecified atom stereocenters. The number of anilines is 1. The second-order valence-corrected chi connectivity index (χ2v) is 6.43. The van der Waals surface area contributed by atoms with E-state index in [1.54, 1.807) is 0 Å². The first-order valence-electron chi connectivity index (χ1n) is 7.52. The van der Waals surface area contributed by atoms with Gasteiger partial charge >= 0.3 is 5.97 Å². The van der Waals surface area contributed by atoms with E-state index in [1.807, 2.05) is 31.2 Å². The molecule has 20 heavy (non-hydrogen) atoms. The Morgan fingerprint density at radius 2 is 2.10 bits per heavy atom. The standard InChI is InChI=1S/C17H25NO2/c1-12(2)14-8-6-10-17(11-14,16(19)20)18-15-9-5-4-7-13(15)3/h4-5,7,9,12,14,18H,6,8,10-11H2,1-3H3,(H,19,20). The molecule has 2 N–H and O–H groups in total. The van der Waals surface area contributed by atoms with Gasteiger partial charge in [-0.05, 0) is 49.7 Å². The number of carbonyl (C=O) groups is 1. The highest BCUT2D eigenvalue weighted by Crippen LogP contribution is 2.39. The van der Waals surface area contributed by atoms with Crippen molar-refractivity contribution in [2.24, 2.45) is 11.8 Å². The fourth-order valence-electron chi connectivity index (χ4n) is 3.22. The van der Waals surface area contributed by atoms with Gasteiger partial charge in [-0.1, -0.05) is 38.5 Å². The van der Waals surface area contributed by atoms with E-state index in [0.29, 0.717) is 24.7 Å². The molecule has 0 saturated heterocycles. The van der Waals surface area contributed by atoms with Gasteiger partial charge in [0.2, 0.25) is 0 Å². The number of rotatable bonds is 4. The minimum absolute atomic E-state index is 0.483. The van der Waals surface area contributed by atoms with E-state index in [1.165, 1.54) is 0 Å². The highest BCUT2D eigenvalue weighted by Gasteiger charge is 2.43. The molecule has 2 atom stereocenters. The lowest BCUT2D eigenvalue weighted by Crippen LogP contribution is -2.50. The monoisotopic (exact) mass is 275 g/mol. The van der Waals surface area contributed by atoms with E-state index in [9.17, 15) is 9.90 Å². The summed E-state index contributed by atoms with van der Waals surface area (Å²) in [6.07, 6.45) is 3.55. The van der Waals surface area contributed by atoms with E-state index in [-0.39, 0.29) is 0 Å². The molecule has 1 aromatic carbocycles. The molecule has 3 heteroatoms. The van der Waals surface area contributed by atoms with Crippen molar-refractivity contribution in [3.63, 3.8) is 0 Å². The van der Waals surface area contributed by atoms with Crippen LogP contribution in [0.4, 0.5) is 5.69 Å². The number of carboxylic acid groups (broad SMARTS) is 1. The first-order chi connectivity index (χ1) is 9.44. The number of aliphatic carboxylic acids is 1. The summed E-state index contributed by atoms with van der Waals surface area (Å²) in [4.78, 5) is 11.9. The Balaban J connectivity index is 2.26. The minimum Gasteiger partial charge on any atom is -0.480 e. The number of nitrogens with one attached hydrogen (secondary N) is 1. The summed E-state index contributed by atoms with van der Waals surface area (Å²) in [5, 5.41) is 13.1. The van der Waals surface area contributed by atoms with Crippen LogP contribution in [0, 0.1) is 18.8 Å². The Bertz CT molecular complexity index is 484. The Labute approximate surface area is 121 Å². The third-order valence-corrected chi connectivity index (χ3v) is 4.66. The van der Waals surface area contributed by atoms with Crippen LogP contribution in [0.5, 0.6) is 0 Å². The summed E-state index contributed by atoms with van der Waals surface area (Å²) in [5.41, 5.74) is 1.23. The molecule has 1 aromatic rings. The minimum atomic E-state index is -0.806. The van der Waals surface area contributed by atoms with Gasteiger partial charge in [0.25, 0.3) is 0 Å². The van der Waals surface area contributed by atoms with Gasteiger partial charge in [0.15, 0.2) is 0 Å². The molecular weight excluding hydrogens is 250 g/mol. The molecule has 0 amide bonds. The number of aryl methyl sites for hydroxylation is 1. The van der Waals surface area contributed by atoms with E-state index in [0.717, 1.165) is 24.1 Å². The molecule has 1 aliphatic carbocycles. The second-order valence-electron chi connectivity index (χ2n) is 6.43. The van der Waals surface area contributed by atoms with Crippen molar-refractivity contribution in [1.29, 1.82) is 0 Å². The van der Waals surface area contributed by atoms with Crippen LogP contribution in [-0.4, -0.2) is 16.6 Å². The maximum Gasteiger partial charge on any atom is 0.329 e. The van der Waals surface area contributed by atoms with Gasteiger partial charge in [0.1, 0.15) is 5.54 Å². The summed E-state index contributed by atoms with van der Waals surface area (Å²) in [6.45, 7) is 6.40. The second kappa shape index (κ2) is 5.86.